The summed E-state index contributed by atoms with van der Waals surface area (Å²) in [6.45, 7) is 0. The van der Waals surface area contributed by atoms with E-state index in [1.807, 2.05) is 12.1 Å². The fourth-order valence-corrected chi connectivity index (χ4v) is 1.35. The Labute approximate surface area is 81.3 Å². The van der Waals surface area contributed by atoms with Crippen molar-refractivity contribution in [3.63, 3.8) is 0 Å². The molecule has 1 atom stereocenters. The van der Waals surface area contributed by atoms with Crippen LogP contribution in [0.15, 0.2) is 18.2 Å². The first-order valence-corrected chi connectivity index (χ1v) is 4.18. The third kappa shape index (κ3) is 1.34. The Morgan fingerprint density at radius 2 is 2.29 bits per heavy atom. The molecule has 0 spiro atoms. The minimum atomic E-state index is -0.288. The molecule has 1 aromatic rings. The number of hydrogen-bond acceptors (Lipinski definition) is 4. The molecular formula is C10H7N3O. The monoisotopic (exact) mass is 185 g/mol. The van der Waals surface area contributed by atoms with Gasteiger partial charge in [-0.2, -0.15) is 10.5 Å². The van der Waals surface area contributed by atoms with E-state index >= 15 is 0 Å². The lowest BCUT2D eigenvalue weighted by Crippen LogP contribution is -2.18. The fraction of sp³-hybridized carbons (Fsp3) is 0.200. The second-order valence-corrected chi connectivity index (χ2v) is 2.94. The maximum Gasteiger partial charge on any atom is 0.183 e. The van der Waals surface area contributed by atoms with E-state index in [-0.39, 0.29) is 12.6 Å². The van der Waals surface area contributed by atoms with Crippen molar-refractivity contribution in [2.24, 2.45) is 0 Å². The van der Waals surface area contributed by atoms with Crippen LogP contribution < -0.4 is 10.1 Å². The molecule has 1 aromatic carbocycles. The molecule has 4 nitrogen and oxygen atoms in total. The number of nitrogens with zero attached hydrogens (tertiary/aromatic N) is 2. The molecule has 0 aliphatic carbocycles. The largest absolute Gasteiger partial charge is 0.467 e. The molecule has 1 N–H and O–H groups in total. The number of rotatable bonds is 1. The summed E-state index contributed by atoms with van der Waals surface area (Å²) >= 11 is 0. The zero-order chi connectivity index (χ0) is 9.97. The van der Waals surface area contributed by atoms with Gasteiger partial charge >= 0.3 is 0 Å². The van der Waals surface area contributed by atoms with E-state index in [0.717, 1.165) is 5.69 Å². The molecule has 1 aliphatic heterocycles. The summed E-state index contributed by atoms with van der Waals surface area (Å²) in [5, 5.41) is 20.2. The quantitative estimate of drug-likeness (QED) is 0.721. The number of hydrogen-bond donors (Lipinski definition) is 1. The van der Waals surface area contributed by atoms with E-state index in [2.05, 4.69) is 5.32 Å². The van der Waals surface area contributed by atoms with Crippen molar-refractivity contribution in [1.82, 2.24) is 0 Å². The van der Waals surface area contributed by atoms with Crippen LogP contribution in [0.1, 0.15) is 12.0 Å². The first-order chi connectivity index (χ1) is 6.83. The van der Waals surface area contributed by atoms with E-state index in [1.165, 1.54) is 0 Å². The normalized spacial score (nSPS) is 17.1. The van der Waals surface area contributed by atoms with E-state index in [9.17, 15) is 0 Å². The minimum Gasteiger partial charge on any atom is -0.467 e. The molecule has 68 valence electrons. The van der Waals surface area contributed by atoms with Crippen LogP contribution in [0.3, 0.4) is 0 Å². The van der Waals surface area contributed by atoms with Crippen molar-refractivity contribution in [2.45, 2.75) is 12.6 Å². The molecule has 0 fully saturated rings. The molecule has 0 saturated heterocycles. The number of fused-ring (bicyclic) bond motifs is 1. The van der Waals surface area contributed by atoms with Crippen LogP contribution in [0, 0.1) is 22.7 Å². The lowest BCUT2D eigenvalue weighted by atomic mass is 10.2. The van der Waals surface area contributed by atoms with Gasteiger partial charge in [0.05, 0.1) is 29.8 Å². The van der Waals surface area contributed by atoms with Crippen LogP contribution in [0.4, 0.5) is 5.69 Å². The van der Waals surface area contributed by atoms with E-state index in [0.29, 0.717) is 11.3 Å². The Kier molecular flexibility index (Phi) is 1.96. The van der Waals surface area contributed by atoms with Gasteiger partial charge in [-0.15, -0.1) is 0 Å². The maximum atomic E-state index is 8.67. The van der Waals surface area contributed by atoms with Gasteiger partial charge < -0.3 is 10.1 Å². The molecule has 4 heteroatoms. The molecule has 1 unspecified atom stereocenters. The van der Waals surface area contributed by atoms with Crippen LogP contribution in [-0.2, 0) is 0 Å². The molecule has 0 amide bonds. The van der Waals surface area contributed by atoms with Gasteiger partial charge in [0.15, 0.2) is 6.23 Å². The average molecular weight is 185 g/mol. The first-order valence-electron chi connectivity index (χ1n) is 4.18. The van der Waals surface area contributed by atoms with E-state index < -0.39 is 0 Å². The fourth-order valence-electron chi connectivity index (χ4n) is 1.35. The molecule has 0 bridgehead atoms. The minimum absolute atomic E-state index is 0.288. The van der Waals surface area contributed by atoms with Crippen molar-refractivity contribution in [1.29, 1.82) is 10.5 Å². The summed E-state index contributed by atoms with van der Waals surface area (Å²) < 4.78 is 5.40. The molecule has 14 heavy (non-hydrogen) atoms. The van der Waals surface area contributed by atoms with Gasteiger partial charge in [0.25, 0.3) is 0 Å². The lowest BCUT2D eigenvalue weighted by Gasteiger charge is -2.04. The molecule has 0 radical (unpaired) electrons. The lowest BCUT2D eigenvalue weighted by molar-refractivity contribution is 0.259. The summed E-state index contributed by atoms with van der Waals surface area (Å²) in [6, 6.07) is 9.20. The Balaban J connectivity index is 2.24. The second kappa shape index (κ2) is 3.27. The van der Waals surface area contributed by atoms with Gasteiger partial charge in [-0.05, 0) is 18.2 Å². The van der Waals surface area contributed by atoms with Crippen LogP contribution in [-0.4, -0.2) is 6.23 Å². The maximum absolute atomic E-state index is 8.67. The molecule has 0 aromatic heterocycles. The van der Waals surface area contributed by atoms with Crippen LogP contribution in [0.2, 0.25) is 0 Å². The smallest absolute Gasteiger partial charge is 0.183 e. The standard InChI is InChI=1S/C10H7N3O/c11-4-3-10-13-8-5-7(6-12)1-2-9(8)14-10/h1-2,5,10,13H,3H2. The van der Waals surface area contributed by atoms with Crippen LogP contribution in [0.5, 0.6) is 5.75 Å². The number of anilines is 1. The number of nitrogens with one attached hydrogen (secondary N) is 1. The SMILES string of the molecule is N#CCC1Nc2cc(C#N)ccc2O1. The topological polar surface area (TPSA) is 68.8 Å². The number of ether oxygens (including phenoxy) is 1. The van der Waals surface area contributed by atoms with Crippen molar-refractivity contribution < 1.29 is 4.74 Å². The summed E-state index contributed by atoms with van der Waals surface area (Å²) in [4.78, 5) is 0. The number of benzene rings is 1. The van der Waals surface area contributed by atoms with Crippen molar-refractivity contribution in [3.05, 3.63) is 23.8 Å². The first kappa shape index (κ1) is 8.40. The molecule has 1 aliphatic rings. The highest BCUT2D eigenvalue weighted by atomic mass is 16.5. The van der Waals surface area contributed by atoms with Gasteiger partial charge in [-0.3, -0.25) is 0 Å². The Bertz CT molecular complexity index is 442. The van der Waals surface area contributed by atoms with Crippen molar-refractivity contribution in [2.75, 3.05) is 5.32 Å². The Morgan fingerprint density at radius 3 is 3.00 bits per heavy atom. The predicted octanol–water partition coefficient (Wildman–Crippen LogP) is 1.60. The summed E-state index contributed by atoms with van der Waals surface area (Å²) in [5.74, 6) is 0.698. The zero-order valence-corrected chi connectivity index (χ0v) is 7.32. The summed E-state index contributed by atoms with van der Waals surface area (Å²) in [7, 11) is 0. The average Bonchev–Trinajstić information content (AvgIpc) is 2.59. The third-order valence-corrected chi connectivity index (χ3v) is 1.97. The molecule has 2 rings (SSSR count). The molecule has 1 heterocycles. The highest BCUT2D eigenvalue weighted by molar-refractivity contribution is 5.63. The Morgan fingerprint density at radius 1 is 1.43 bits per heavy atom. The second-order valence-electron chi connectivity index (χ2n) is 2.94. The zero-order valence-electron chi connectivity index (χ0n) is 7.32. The highest BCUT2D eigenvalue weighted by Crippen LogP contribution is 2.32. The van der Waals surface area contributed by atoms with Gasteiger partial charge in [0.2, 0.25) is 0 Å². The van der Waals surface area contributed by atoms with Crippen LogP contribution >= 0.6 is 0 Å². The molecular weight excluding hydrogens is 178 g/mol. The summed E-state index contributed by atoms with van der Waals surface area (Å²) in [6.07, 6.45) is 0.000245. The third-order valence-electron chi connectivity index (χ3n) is 1.97. The van der Waals surface area contributed by atoms with E-state index in [4.69, 9.17) is 15.3 Å². The highest BCUT2D eigenvalue weighted by Gasteiger charge is 2.21. The Hall–Kier alpha value is -2.20. The van der Waals surface area contributed by atoms with Gasteiger partial charge in [0, 0.05) is 0 Å². The van der Waals surface area contributed by atoms with Gasteiger partial charge in [-0.25, -0.2) is 0 Å². The van der Waals surface area contributed by atoms with Crippen molar-refractivity contribution >= 4 is 5.69 Å². The number of nitriles is 2. The summed E-state index contributed by atoms with van der Waals surface area (Å²) in [5.41, 5.74) is 1.36. The predicted molar refractivity (Wildman–Crippen MR) is 49.4 cm³/mol. The van der Waals surface area contributed by atoms with Gasteiger partial charge in [0.1, 0.15) is 5.75 Å². The van der Waals surface area contributed by atoms with Gasteiger partial charge in [-0.1, -0.05) is 0 Å². The van der Waals surface area contributed by atoms with Crippen LogP contribution in [0.25, 0.3) is 0 Å². The molecule has 0 saturated carbocycles. The van der Waals surface area contributed by atoms with Crippen molar-refractivity contribution in [3.8, 4) is 17.9 Å². The van der Waals surface area contributed by atoms with E-state index in [1.54, 1.807) is 18.2 Å².